The smallest absolute Gasteiger partial charge is 0.407 e. The minimum Gasteiger partial charge on any atom is -0.481 e. The molecule has 0 radical (unpaired) electrons. The summed E-state index contributed by atoms with van der Waals surface area (Å²) < 4.78 is 5.65. The Morgan fingerprint density at radius 3 is 2.29 bits per heavy atom. The summed E-state index contributed by atoms with van der Waals surface area (Å²) in [7, 11) is 0. The van der Waals surface area contributed by atoms with E-state index in [1.807, 2.05) is 30.5 Å². The second kappa shape index (κ2) is 11.6. The average Bonchev–Trinajstić information content (AvgIpc) is 3.63. The summed E-state index contributed by atoms with van der Waals surface area (Å²) in [5.74, 6) is -0.126. The highest BCUT2D eigenvalue weighted by atomic mass is 32.2. The van der Waals surface area contributed by atoms with E-state index in [-0.39, 0.29) is 31.4 Å². The Hall–Kier alpha value is -3.00. The normalized spacial score (nSPS) is 15.1. The molecule has 2 aliphatic rings. The van der Waals surface area contributed by atoms with Crippen LogP contribution in [0.2, 0.25) is 0 Å². The number of fused-ring (bicyclic) bond motifs is 3. The van der Waals surface area contributed by atoms with Crippen LogP contribution in [-0.4, -0.2) is 65.7 Å². The highest BCUT2D eigenvalue weighted by Crippen LogP contribution is 2.44. The topological polar surface area (TPSA) is 95.9 Å². The molecule has 2 N–H and O–H groups in total. The van der Waals surface area contributed by atoms with Crippen molar-refractivity contribution >= 4 is 29.7 Å². The number of carboxylic acids is 1. The summed E-state index contributed by atoms with van der Waals surface area (Å²) >= 11 is 1.59. The van der Waals surface area contributed by atoms with Crippen LogP contribution in [0.3, 0.4) is 0 Å². The van der Waals surface area contributed by atoms with Gasteiger partial charge < -0.3 is 20.1 Å². The third-order valence-electron chi connectivity index (χ3n) is 6.63. The lowest BCUT2D eigenvalue weighted by Gasteiger charge is -2.27. The first-order valence-corrected chi connectivity index (χ1v) is 13.5. The number of thioether (sulfide) groups is 1. The second-order valence-electron chi connectivity index (χ2n) is 9.18. The predicted octanol–water partition coefficient (Wildman–Crippen LogP) is 4.36. The number of rotatable bonds is 12. The molecule has 0 aromatic heterocycles. The first-order chi connectivity index (χ1) is 17.0. The van der Waals surface area contributed by atoms with E-state index in [0.717, 1.165) is 35.1 Å². The third kappa shape index (κ3) is 6.36. The van der Waals surface area contributed by atoms with E-state index in [4.69, 9.17) is 9.84 Å². The molecule has 2 amide bonds. The summed E-state index contributed by atoms with van der Waals surface area (Å²) in [4.78, 5) is 38.8. The van der Waals surface area contributed by atoms with Gasteiger partial charge >= 0.3 is 12.1 Å². The number of amides is 2. The van der Waals surface area contributed by atoms with E-state index in [0.29, 0.717) is 24.6 Å². The van der Waals surface area contributed by atoms with Crippen LogP contribution in [-0.2, 0) is 14.3 Å². The van der Waals surface area contributed by atoms with E-state index in [9.17, 15) is 14.4 Å². The first kappa shape index (κ1) is 25.1. The molecule has 8 heteroatoms. The maximum absolute atomic E-state index is 13.3. The lowest BCUT2D eigenvalue weighted by atomic mass is 9.98. The Morgan fingerprint density at radius 2 is 1.71 bits per heavy atom. The SMILES string of the molecule is CSCCC(NC(=O)OCC1c2ccccc2-c2ccccc21)C(=O)N(CCC(=O)O)CC1CC1. The highest BCUT2D eigenvalue weighted by molar-refractivity contribution is 7.98. The molecule has 0 spiro atoms. The van der Waals surface area contributed by atoms with Gasteiger partial charge in [0.05, 0.1) is 6.42 Å². The molecule has 1 unspecified atom stereocenters. The zero-order chi connectivity index (χ0) is 24.8. The Balaban J connectivity index is 1.41. The molecule has 2 aromatic carbocycles. The first-order valence-electron chi connectivity index (χ1n) is 12.1. The summed E-state index contributed by atoms with van der Waals surface area (Å²) in [6.45, 7) is 0.856. The van der Waals surface area contributed by atoms with E-state index >= 15 is 0 Å². The van der Waals surface area contributed by atoms with Crippen molar-refractivity contribution in [2.45, 2.75) is 37.6 Å². The van der Waals surface area contributed by atoms with Crippen molar-refractivity contribution in [3.8, 4) is 11.1 Å². The van der Waals surface area contributed by atoms with Gasteiger partial charge in [0.1, 0.15) is 12.6 Å². The van der Waals surface area contributed by atoms with E-state index in [2.05, 4.69) is 29.6 Å². The Morgan fingerprint density at radius 1 is 1.09 bits per heavy atom. The molecule has 4 rings (SSSR count). The molecular formula is C27H32N2O5S. The molecule has 186 valence electrons. The summed E-state index contributed by atoms with van der Waals surface area (Å²) in [6.07, 6.45) is 3.76. The van der Waals surface area contributed by atoms with Gasteiger partial charge in [0.25, 0.3) is 0 Å². The molecule has 2 aliphatic carbocycles. The maximum atomic E-state index is 13.3. The lowest BCUT2D eigenvalue weighted by molar-refractivity contribution is -0.139. The van der Waals surface area contributed by atoms with Gasteiger partial charge in [-0.1, -0.05) is 48.5 Å². The van der Waals surface area contributed by atoms with Crippen LogP contribution < -0.4 is 5.32 Å². The van der Waals surface area contributed by atoms with Gasteiger partial charge in [-0.15, -0.1) is 0 Å². The van der Waals surface area contributed by atoms with Crippen LogP contribution in [0.15, 0.2) is 48.5 Å². The number of aliphatic carboxylic acids is 1. The number of ether oxygens (including phenoxy) is 1. The summed E-state index contributed by atoms with van der Waals surface area (Å²) in [5.41, 5.74) is 4.56. The molecule has 1 fully saturated rings. The number of nitrogens with one attached hydrogen (secondary N) is 1. The zero-order valence-electron chi connectivity index (χ0n) is 19.9. The standard InChI is InChI=1S/C27H32N2O5S/c1-35-15-13-24(26(32)29(14-12-25(30)31)16-18-10-11-18)28-27(33)34-17-23-21-8-4-2-6-19(21)20-7-3-5-9-22(20)23/h2-9,18,23-24H,10-17H2,1H3,(H,28,33)(H,30,31). The highest BCUT2D eigenvalue weighted by Gasteiger charge is 2.33. The number of carbonyl (C=O) groups is 3. The molecule has 7 nitrogen and oxygen atoms in total. The Labute approximate surface area is 210 Å². The minimum atomic E-state index is -0.941. The van der Waals surface area contributed by atoms with Crippen LogP contribution in [0.1, 0.15) is 42.7 Å². The maximum Gasteiger partial charge on any atom is 0.407 e. The van der Waals surface area contributed by atoms with Gasteiger partial charge in [-0.2, -0.15) is 11.8 Å². The van der Waals surface area contributed by atoms with Crippen LogP contribution in [0.25, 0.3) is 11.1 Å². The number of carboxylic acid groups (broad SMARTS) is 1. The van der Waals surface area contributed by atoms with E-state index < -0.39 is 18.1 Å². The van der Waals surface area contributed by atoms with E-state index in [1.165, 1.54) is 0 Å². The van der Waals surface area contributed by atoms with Gasteiger partial charge in [0.15, 0.2) is 0 Å². The van der Waals surface area contributed by atoms with Crippen molar-refractivity contribution in [1.82, 2.24) is 10.2 Å². The molecule has 1 saturated carbocycles. The van der Waals surface area contributed by atoms with Crippen molar-refractivity contribution in [2.75, 3.05) is 31.7 Å². The third-order valence-corrected chi connectivity index (χ3v) is 7.27. The van der Waals surface area contributed by atoms with Gasteiger partial charge in [-0.05, 0) is 59.4 Å². The summed E-state index contributed by atoms with van der Waals surface area (Å²) in [6, 6.07) is 15.5. The second-order valence-corrected chi connectivity index (χ2v) is 10.2. The monoisotopic (exact) mass is 496 g/mol. The Bertz CT molecular complexity index is 1030. The van der Waals surface area contributed by atoms with Crippen molar-refractivity contribution in [3.05, 3.63) is 59.7 Å². The number of benzene rings is 2. The number of nitrogens with zero attached hydrogens (tertiary/aromatic N) is 1. The van der Waals surface area contributed by atoms with Crippen LogP contribution in [0, 0.1) is 5.92 Å². The fourth-order valence-electron chi connectivity index (χ4n) is 4.63. The number of hydrogen-bond acceptors (Lipinski definition) is 5. The zero-order valence-corrected chi connectivity index (χ0v) is 20.8. The van der Waals surface area contributed by atoms with Crippen molar-refractivity contribution in [2.24, 2.45) is 5.92 Å². The fraction of sp³-hybridized carbons (Fsp3) is 0.444. The minimum absolute atomic E-state index is 0.0598. The molecular weight excluding hydrogens is 464 g/mol. The average molecular weight is 497 g/mol. The molecule has 0 bridgehead atoms. The van der Waals surface area contributed by atoms with Gasteiger partial charge in [-0.25, -0.2) is 4.79 Å². The van der Waals surface area contributed by atoms with Crippen LogP contribution >= 0.6 is 11.8 Å². The van der Waals surface area contributed by atoms with Crippen molar-refractivity contribution < 1.29 is 24.2 Å². The van der Waals surface area contributed by atoms with Crippen LogP contribution in [0.5, 0.6) is 0 Å². The van der Waals surface area contributed by atoms with Crippen LogP contribution in [0.4, 0.5) is 4.79 Å². The number of carbonyl (C=O) groups excluding carboxylic acids is 2. The molecule has 1 atom stereocenters. The fourth-order valence-corrected chi connectivity index (χ4v) is 5.10. The van der Waals surface area contributed by atoms with Crippen molar-refractivity contribution in [3.63, 3.8) is 0 Å². The largest absolute Gasteiger partial charge is 0.481 e. The molecule has 0 aliphatic heterocycles. The number of hydrogen-bond donors (Lipinski definition) is 2. The lowest BCUT2D eigenvalue weighted by Crippen LogP contribution is -2.50. The molecule has 2 aromatic rings. The van der Waals surface area contributed by atoms with E-state index in [1.54, 1.807) is 16.7 Å². The van der Waals surface area contributed by atoms with Gasteiger partial charge in [-0.3, -0.25) is 9.59 Å². The van der Waals surface area contributed by atoms with Crippen molar-refractivity contribution in [1.29, 1.82) is 0 Å². The molecule has 0 saturated heterocycles. The quantitative estimate of drug-likeness (QED) is 0.453. The predicted molar refractivity (Wildman–Crippen MR) is 137 cm³/mol. The molecule has 0 heterocycles. The molecule has 35 heavy (non-hydrogen) atoms. The van der Waals surface area contributed by atoms with Gasteiger partial charge in [0, 0.05) is 19.0 Å². The number of alkyl carbamates (subject to hydrolysis) is 1. The Kier molecular flexibility index (Phi) is 8.33. The van der Waals surface area contributed by atoms with Gasteiger partial charge in [0.2, 0.25) is 5.91 Å². The summed E-state index contributed by atoms with van der Waals surface area (Å²) in [5, 5.41) is 11.9.